The maximum Gasteiger partial charge on any atom is 0.159 e. The van der Waals surface area contributed by atoms with Crippen molar-refractivity contribution in [2.75, 3.05) is 25.0 Å². The van der Waals surface area contributed by atoms with E-state index in [4.69, 9.17) is 9.82 Å². The lowest BCUT2D eigenvalue weighted by molar-refractivity contribution is -0.0449. The molecule has 31 heavy (non-hydrogen) atoms. The van der Waals surface area contributed by atoms with Gasteiger partial charge in [-0.3, -0.25) is 0 Å². The van der Waals surface area contributed by atoms with Gasteiger partial charge in [-0.1, -0.05) is 18.5 Å². The number of pyridine rings is 1. The molecule has 4 heterocycles. The van der Waals surface area contributed by atoms with Gasteiger partial charge in [0.15, 0.2) is 5.65 Å². The van der Waals surface area contributed by atoms with Crippen molar-refractivity contribution in [3.05, 3.63) is 18.0 Å². The van der Waals surface area contributed by atoms with Crippen LogP contribution in [-0.2, 0) is 11.4 Å². The highest BCUT2D eigenvalue weighted by molar-refractivity contribution is 6.10. The Morgan fingerprint density at radius 3 is 2.68 bits per heavy atom. The Labute approximate surface area is 185 Å². The van der Waals surface area contributed by atoms with E-state index in [-0.39, 0.29) is 5.60 Å². The first-order valence-electron chi connectivity index (χ1n) is 12.3. The van der Waals surface area contributed by atoms with Gasteiger partial charge in [0.25, 0.3) is 0 Å². The van der Waals surface area contributed by atoms with Gasteiger partial charge in [0.1, 0.15) is 5.60 Å². The zero-order valence-electron chi connectivity index (χ0n) is 19.1. The highest BCUT2D eigenvalue weighted by atomic mass is 16.7. The van der Waals surface area contributed by atoms with Crippen LogP contribution in [0.15, 0.2) is 17.5 Å². The molecule has 5 rings (SSSR count). The third-order valence-corrected chi connectivity index (χ3v) is 7.36. The summed E-state index contributed by atoms with van der Waals surface area (Å²) in [4.78, 5) is 13.5. The third-order valence-electron chi connectivity index (χ3n) is 7.36. The Kier molecular flexibility index (Phi) is 5.87. The SMILES string of the molecule is CCCN1CCC(Nc2c(C3=NOC4(CCCCC4)C3)cnc3c2cnn3CC)CC1. The van der Waals surface area contributed by atoms with Crippen LogP contribution in [-0.4, -0.2) is 56.7 Å². The molecular weight excluding hydrogens is 388 g/mol. The lowest BCUT2D eigenvalue weighted by atomic mass is 9.80. The van der Waals surface area contributed by atoms with E-state index in [9.17, 15) is 0 Å². The van der Waals surface area contributed by atoms with Gasteiger partial charge in [0, 0.05) is 43.9 Å². The average molecular weight is 425 g/mol. The summed E-state index contributed by atoms with van der Waals surface area (Å²) in [6.45, 7) is 8.72. The lowest BCUT2D eigenvalue weighted by Crippen LogP contribution is -2.39. The molecular formula is C24H36N6O. The minimum absolute atomic E-state index is 0.0844. The summed E-state index contributed by atoms with van der Waals surface area (Å²) in [5.41, 5.74) is 4.16. The Bertz CT molecular complexity index is 937. The number of hydrogen-bond acceptors (Lipinski definition) is 6. The predicted molar refractivity (Wildman–Crippen MR) is 125 cm³/mol. The molecule has 1 N–H and O–H groups in total. The van der Waals surface area contributed by atoms with Crippen molar-refractivity contribution in [1.29, 1.82) is 0 Å². The number of piperidine rings is 1. The van der Waals surface area contributed by atoms with Gasteiger partial charge in [-0.15, -0.1) is 0 Å². The maximum atomic E-state index is 6.08. The fourth-order valence-corrected chi connectivity index (χ4v) is 5.58. The normalized spacial score (nSPS) is 22.1. The molecule has 2 aromatic heterocycles. The number of aryl methyl sites for hydroxylation is 1. The van der Waals surface area contributed by atoms with Gasteiger partial charge in [0.05, 0.1) is 23.0 Å². The van der Waals surface area contributed by atoms with Crippen molar-refractivity contribution in [3.63, 3.8) is 0 Å². The number of nitrogens with zero attached hydrogens (tertiary/aromatic N) is 5. The van der Waals surface area contributed by atoms with E-state index in [2.05, 4.69) is 34.3 Å². The number of fused-ring (bicyclic) bond motifs is 1. The largest absolute Gasteiger partial charge is 0.389 e. The summed E-state index contributed by atoms with van der Waals surface area (Å²) in [6.07, 6.45) is 14.4. The van der Waals surface area contributed by atoms with E-state index < -0.39 is 0 Å². The summed E-state index contributed by atoms with van der Waals surface area (Å²) in [5.74, 6) is 0. The molecule has 0 radical (unpaired) electrons. The van der Waals surface area contributed by atoms with Gasteiger partial charge in [0.2, 0.25) is 0 Å². The molecule has 1 saturated carbocycles. The summed E-state index contributed by atoms with van der Waals surface area (Å²) in [7, 11) is 0. The first-order chi connectivity index (χ1) is 15.2. The van der Waals surface area contributed by atoms with Crippen LogP contribution in [0.25, 0.3) is 11.0 Å². The Morgan fingerprint density at radius 1 is 1.13 bits per heavy atom. The second kappa shape index (κ2) is 8.77. The first kappa shape index (κ1) is 20.7. The van der Waals surface area contributed by atoms with Gasteiger partial charge >= 0.3 is 0 Å². The highest BCUT2D eigenvalue weighted by Gasteiger charge is 2.41. The third kappa shape index (κ3) is 4.04. The van der Waals surface area contributed by atoms with Crippen LogP contribution in [0, 0.1) is 0 Å². The first-order valence-corrected chi connectivity index (χ1v) is 12.3. The Morgan fingerprint density at radius 2 is 1.94 bits per heavy atom. The molecule has 0 atom stereocenters. The number of oxime groups is 1. The maximum absolute atomic E-state index is 6.08. The zero-order valence-corrected chi connectivity index (χ0v) is 19.1. The van der Waals surface area contributed by atoms with Crippen LogP contribution in [0.1, 0.15) is 77.2 Å². The van der Waals surface area contributed by atoms with E-state index >= 15 is 0 Å². The van der Waals surface area contributed by atoms with Crippen LogP contribution < -0.4 is 5.32 Å². The second-order valence-corrected chi connectivity index (χ2v) is 9.55. The number of likely N-dealkylation sites (tertiary alicyclic amines) is 1. The van der Waals surface area contributed by atoms with E-state index in [1.165, 1.54) is 32.2 Å². The molecule has 0 amide bonds. The number of aromatic nitrogens is 3. The molecule has 3 aliphatic rings. The smallest absolute Gasteiger partial charge is 0.159 e. The average Bonchev–Trinajstić information content (AvgIpc) is 3.40. The van der Waals surface area contributed by atoms with Gasteiger partial charge < -0.3 is 15.1 Å². The summed E-state index contributed by atoms with van der Waals surface area (Å²) in [6, 6.07) is 0.467. The van der Waals surface area contributed by atoms with Crippen molar-refractivity contribution in [3.8, 4) is 0 Å². The standard InChI is InChI=1S/C24H36N6O/c1-3-12-29-13-8-18(9-14-29)27-22-19(16-25-23-20(22)17-26-30(23)4-2)21-15-24(31-28-21)10-6-5-7-11-24/h16-18H,3-15H2,1-2H3,(H,25,27). The van der Waals surface area contributed by atoms with Crippen molar-refractivity contribution < 1.29 is 4.84 Å². The van der Waals surface area contributed by atoms with Gasteiger partial charge in [-0.2, -0.15) is 5.10 Å². The van der Waals surface area contributed by atoms with Crippen molar-refractivity contribution in [1.82, 2.24) is 19.7 Å². The number of nitrogens with one attached hydrogen (secondary N) is 1. The molecule has 1 saturated heterocycles. The molecule has 168 valence electrons. The molecule has 7 nitrogen and oxygen atoms in total. The summed E-state index contributed by atoms with van der Waals surface area (Å²) >= 11 is 0. The Hall–Kier alpha value is -2.15. The summed E-state index contributed by atoms with van der Waals surface area (Å²) < 4.78 is 1.98. The molecule has 2 aliphatic heterocycles. The minimum atomic E-state index is -0.0844. The van der Waals surface area contributed by atoms with Crippen LogP contribution in [0.4, 0.5) is 5.69 Å². The minimum Gasteiger partial charge on any atom is -0.389 e. The monoisotopic (exact) mass is 424 g/mol. The van der Waals surface area contributed by atoms with Crippen molar-refractivity contribution in [2.45, 2.75) is 89.8 Å². The van der Waals surface area contributed by atoms with Crippen LogP contribution in [0.2, 0.25) is 0 Å². The molecule has 1 aliphatic carbocycles. The van der Waals surface area contributed by atoms with Gasteiger partial charge in [-0.25, -0.2) is 9.67 Å². The molecule has 7 heteroatoms. The molecule has 0 unspecified atom stereocenters. The molecule has 0 bridgehead atoms. The van der Waals surface area contributed by atoms with E-state index in [1.807, 2.05) is 17.1 Å². The summed E-state index contributed by atoms with van der Waals surface area (Å²) in [5, 5.41) is 14.2. The fourth-order valence-electron chi connectivity index (χ4n) is 5.58. The Balaban J connectivity index is 1.43. The number of hydrogen-bond donors (Lipinski definition) is 1. The molecule has 2 fully saturated rings. The molecule has 1 spiro atoms. The van der Waals surface area contributed by atoms with E-state index in [1.54, 1.807) is 0 Å². The topological polar surface area (TPSA) is 67.6 Å². The van der Waals surface area contributed by atoms with Crippen LogP contribution >= 0.6 is 0 Å². The number of anilines is 1. The van der Waals surface area contributed by atoms with Crippen molar-refractivity contribution in [2.24, 2.45) is 5.16 Å². The zero-order chi connectivity index (χ0) is 21.3. The molecule has 2 aromatic rings. The van der Waals surface area contributed by atoms with Crippen LogP contribution in [0.3, 0.4) is 0 Å². The predicted octanol–water partition coefficient (Wildman–Crippen LogP) is 4.56. The molecule has 0 aromatic carbocycles. The van der Waals surface area contributed by atoms with Gasteiger partial charge in [-0.05, 0) is 58.4 Å². The van der Waals surface area contributed by atoms with Crippen LogP contribution in [0.5, 0.6) is 0 Å². The highest BCUT2D eigenvalue weighted by Crippen LogP contribution is 2.41. The van der Waals surface area contributed by atoms with E-state index in [0.29, 0.717) is 6.04 Å². The number of rotatable bonds is 6. The van der Waals surface area contributed by atoms with E-state index in [0.717, 1.165) is 79.7 Å². The van der Waals surface area contributed by atoms with Crippen molar-refractivity contribution >= 4 is 22.4 Å². The lowest BCUT2D eigenvalue weighted by Gasteiger charge is -2.33. The second-order valence-electron chi connectivity index (χ2n) is 9.55. The fraction of sp³-hybridized carbons (Fsp3) is 0.708. The quantitative estimate of drug-likeness (QED) is 0.736.